The Labute approximate surface area is 284 Å². The topological polar surface area (TPSA) is 132 Å². The molecule has 252 valence electrons. The van der Waals surface area contributed by atoms with Gasteiger partial charge in [-0.2, -0.15) is 0 Å². The van der Waals surface area contributed by atoms with Gasteiger partial charge in [0.25, 0.3) is 17.7 Å². The number of carbonyl (C=O) groups excluding carboxylic acids is 3. The molecular weight excluding hydrogens is 622 g/mol. The Morgan fingerprint density at radius 2 is 1.49 bits per heavy atom. The van der Waals surface area contributed by atoms with Gasteiger partial charge in [0.2, 0.25) is 0 Å². The largest absolute Gasteiger partial charge is 0.497 e. The smallest absolute Gasteiger partial charge is 0.272 e. The van der Waals surface area contributed by atoms with Gasteiger partial charge in [-0.25, -0.2) is 4.98 Å². The average Bonchev–Trinajstić information content (AvgIpc) is 3.68. The normalized spacial score (nSPS) is 13.4. The Kier molecular flexibility index (Phi) is 10.2. The van der Waals surface area contributed by atoms with Gasteiger partial charge in [-0.1, -0.05) is 24.3 Å². The van der Waals surface area contributed by atoms with E-state index in [9.17, 15) is 14.4 Å². The van der Waals surface area contributed by atoms with Crippen molar-refractivity contribution in [2.45, 2.75) is 0 Å². The van der Waals surface area contributed by atoms with Gasteiger partial charge in [0, 0.05) is 63.6 Å². The minimum absolute atomic E-state index is 0.216. The van der Waals surface area contributed by atoms with Crippen molar-refractivity contribution in [3.8, 4) is 5.75 Å². The fourth-order valence-corrected chi connectivity index (χ4v) is 5.63. The summed E-state index contributed by atoms with van der Waals surface area (Å²) < 4.78 is 13.9. The second-order valence-electron chi connectivity index (χ2n) is 11.8. The lowest BCUT2D eigenvalue weighted by Crippen LogP contribution is -2.41. The first kappa shape index (κ1) is 33.2. The molecule has 12 heteroatoms. The summed E-state index contributed by atoms with van der Waals surface area (Å²) >= 11 is 0. The first-order chi connectivity index (χ1) is 23.7. The molecule has 3 aromatic heterocycles. The van der Waals surface area contributed by atoms with Crippen LogP contribution in [0.15, 0.2) is 79.1 Å². The molecule has 0 radical (unpaired) electrons. The van der Waals surface area contributed by atoms with Crippen molar-refractivity contribution in [3.05, 3.63) is 107 Å². The number of aryl methyl sites for hydroxylation is 2. The zero-order valence-corrected chi connectivity index (χ0v) is 27.7. The minimum Gasteiger partial charge on any atom is -0.497 e. The van der Waals surface area contributed by atoms with E-state index in [0.29, 0.717) is 48.1 Å². The van der Waals surface area contributed by atoms with E-state index in [0.717, 1.165) is 47.5 Å². The van der Waals surface area contributed by atoms with Crippen molar-refractivity contribution in [1.29, 1.82) is 0 Å². The fourth-order valence-electron chi connectivity index (χ4n) is 5.63. The molecule has 4 heterocycles. The highest BCUT2D eigenvalue weighted by molar-refractivity contribution is 6.08. The van der Waals surface area contributed by atoms with Crippen LogP contribution in [0.4, 0.5) is 11.4 Å². The Morgan fingerprint density at radius 1 is 0.816 bits per heavy atom. The molecule has 3 N–H and O–H groups in total. The SMILES string of the molecule is COc1ccc(/C=C/c2ccc3cc(C(=O)Nc4cc(C(=O)Nc5cc(C(=O)NCCN6CCOCC6)n(C)c5)n(C)c4)ccc3n2)cc1. The van der Waals surface area contributed by atoms with Crippen LogP contribution in [0.5, 0.6) is 5.75 Å². The summed E-state index contributed by atoms with van der Waals surface area (Å²) in [6.07, 6.45) is 7.28. The van der Waals surface area contributed by atoms with Crippen LogP contribution in [0.3, 0.4) is 0 Å². The van der Waals surface area contributed by atoms with Gasteiger partial charge < -0.3 is 34.6 Å². The number of rotatable bonds is 11. The second-order valence-corrected chi connectivity index (χ2v) is 11.8. The molecule has 1 fully saturated rings. The van der Waals surface area contributed by atoms with E-state index < -0.39 is 0 Å². The number of hydrogen-bond donors (Lipinski definition) is 3. The second kappa shape index (κ2) is 15.0. The number of aromatic nitrogens is 3. The van der Waals surface area contributed by atoms with E-state index in [1.165, 1.54) is 0 Å². The highest BCUT2D eigenvalue weighted by atomic mass is 16.5. The van der Waals surface area contributed by atoms with Crippen LogP contribution in [0, 0.1) is 0 Å². The van der Waals surface area contributed by atoms with E-state index in [1.54, 1.807) is 67.0 Å². The summed E-state index contributed by atoms with van der Waals surface area (Å²) in [5.41, 5.74) is 4.79. The van der Waals surface area contributed by atoms with Crippen molar-refractivity contribution in [3.63, 3.8) is 0 Å². The summed E-state index contributed by atoms with van der Waals surface area (Å²) in [4.78, 5) is 46.1. The third kappa shape index (κ3) is 8.23. The highest BCUT2D eigenvalue weighted by Gasteiger charge is 2.18. The number of fused-ring (bicyclic) bond motifs is 1. The molecular formula is C37H39N7O5. The van der Waals surface area contributed by atoms with Crippen molar-refractivity contribution >= 4 is 52.2 Å². The fraction of sp³-hybridized carbons (Fsp3) is 0.243. The molecule has 0 aliphatic carbocycles. The monoisotopic (exact) mass is 661 g/mol. The van der Waals surface area contributed by atoms with Crippen LogP contribution in [0.2, 0.25) is 0 Å². The van der Waals surface area contributed by atoms with Gasteiger partial charge in [0.15, 0.2) is 0 Å². The summed E-state index contributed by atoms with van der Waals surface area (Å²) in [5, 5.41) is 9.52. The van der Waals surface area contributed by atoms with Crippen molar-refractivity contribution in [1.82, 2.24) is 24.3 Å². The Balaban J connectivity index is 1.05. The van der Waals surface area contributed by atoms with Gasteiger partial charge in [0.1, 0.15) is 17.1 Å². The highest BCUT2D eigenvalue weighted by Crippen LogP contribution is 2.21. The Hall–Kier alpha value is -5.72. The van der Waals surface area contributed by atoms with E-state index >= 15 is 0 Å². The number of carbonyl (C=O) groups is 3. The van der Waals surface area contributed by atoms with Gasteiger partial charge in [-0.05, 0) is 60.2 Å². The molecule has 0 bridgehead atoms. The number of nitrogens with zero attached hydrogens (tertiary/aromatic N) is 4. The lowest BCUT2D eigenvalue weighted by atomic mass is 10.1. The number of methoxy groups -OCH3 is 1. The number of morpholine rings is 1. The third-order valence-electron chi connectivity index (χ3n) is 8.34. The van der Waals surface area contributed by atoms with Crippen LogP contribution in [0.1, 0.15) is 42.6 Å². The number of amides is 3. The van der Waals surface area contributed by atoms with E-state index in [4.69, 9.17) is 14.5 Å². The predicted molar refractivity (Wildman–Crippen MR) is 190 cm³/mol. The molecule has 3 amide bonds. The molecule has 0 atom stereocenters. The van der Waals surface area contributed by atoms with Crippen LogP contribution in [-0.4, -0.2) is 83.2 Å². The van der Waals surface area contributed by atoms with Gasteiger partial charge in [0.05, 0.1) is 42.9 Å². The Morgan fingerprint density at radius 3 is 2.18 bits per heavy atom. The maximum atomic E-state index is 13.2. The zero-order valence-electron chi connectivity index (χ0n) is 27.7. The minimum atomic E-state index is -0.374. The van der Waals surface area contributed by atoms with Gasteiger partial charge >= 0.3 is 0 Å². The van der Waals surface area contributed by atoms with Crippen LogP contribution < -0.4 is 20.7 Å². The number of benzene rings is 2. The van der Waals surface area contributed by atoms with E-state index in [2.05, 4.69) is 20.9 Å². The molecule has 0 spiro atoms. The molecule has 1 saturated heterocycles. The summed E-state index contributed by atoms with van der Waals surface area (Å²) in [7, 11) is 5.12. The maximum Gasteiger partial charge on any atom is 0.272 e. The molecule has 0 saturated carbocycles. The van der Waals surface area contributed by atoms with Gasteiger partial charge in [-0.15, -0.1) is 0 Å². The zero-order chi connectivity index (χ0) is 34.3. The summed E-state index contributed by atoms with van der Waals surface area (Å²) in [6.45, 7) is 4.39. The quantitative estimate of drug-likeness (QED) is 0.188. The number of hydrogen-bond acceptors (Lipinski definition) is 7. The number of anilines is 2. The number of nitrogens with one attached hydrogen (secondary N) is 3. The molecule has 12 nitrogen and oxygen atoms in total. The standard InChI is InChI=1S/C37H39N7O5/c1-42-24-30(21-33(42)36(46)38-14-15-44-16-18-49-19-17-44)41-37(47)34-22-29(23-43(34)2)40-35(45)27-8-13-32-26(20-27)7-10-28(39-32)9-4-25-5-11-31(48-3)12-6-25/h4-13,20-24H,14-19H2,1-3H3,(H,38,46)(H,40,45)(H,41,47)/b9-4+. The lowest BCUT2D eigenvalue weighted by molar-refractivity contribution is 0.0383. The molecule has 1 aliphatic rings. The molecule has 2 aromatic carbocycles. The Bertz CT molecular complexity index is 2010. The van der Waals surface area contributed by atoms with Crippen LogP contribution >= 0.6 is 0 Å². The summed E-state index contributed by atoms with van der Waals surface area (Å²) in [6, 6.07) is 20.2. The molecule has 0 unspecified atom stereocenters. The predicted octanol–water partition coefficient (Wildman–Crippen LogP) is 4.66. The lowest BCUT2D eigenvalue weighted by Gasteiger charge is -2.26. The third-order valence-corrected chi connectivity index (χ3v) is 8.34. The van der Waals surface area contributed by atoms with Gasteiger partial charge in [-0.3, -0.25) is 19.3 Å². The molecule has 5 aromatic rings. The molecule has 1 aliphatic heterocycles. The molecule has 6 rings (SSSR count). The number of ether oxygens (including phenoxy) is 2. The van der Waals surface area contributed by atoms with E-state index in [-0.39, 0.29) is 17.7 Å². The van der Waals surface area contributed by atoms with Crippen molar-refractivity contribution < 1.29 is 23.9 Å². The van der Waals surface area contributed by atoms with E-state index in [1.807, 2.05) is 54.6 Å². The number of pyridine rings is 1. The first-order valence-corrected chi connectivity index (χ1v) is 16.0. The average molecular weight is 662 g/mol. The first-order valence-electron chi connectivity index (χ1n) is 16.0. The summed E-state index contributed by atoms with van der Waals surface area (Å²) in [5.74, 6) is -0.0987. The van der Waals surface area contributed by atoms with Crippen molar-refractivity contribution in [2.75, 3.05) is 57.1 Å². The molecule has 49 heavy (non-hydrogen) atoms. The van der Waals surface area contributed by atoms with Crippen molar-refractivity contribution in [2.24, 2.45) is 14.1 Å². The van der Waals surface area contributed by atoms with Crippen LogP contribution in [0.25, 0.3) is 23.1 Å². The maximum absolute atomic E-state index is 13.2. The van der Waals surface area contributed by atoms with Crippen LogP contribution in [-0.2, 0) is 18.8 Å².